The van der Waals surface area contributed by atoms with Crippen LogP contribution in [0, 0.1) is 5.92 Å². The van der Waals surface area contributed by atoms with Gasteiger partial charge in [-0.25, -0.2) is 4.39 Å². The highest BCUT2D eigenvalue weighted by Gasteiger charge is 2.73. The molecule has 10 heteroatoms. The topological polar surface area (TPSA) is 42.0 Å². The third-order valence-electron chi connectivity index (χ3n) is 6.75. The number of hydrogen-bond donors (Lipinski definition) is 1. The Balaban J connectivity index is 1.53. The van der Waals surface area contributed by atoms with Crippen molar-refractivity contribution in [2.45, 2.75) is 62.1 Å². The minimum Gasteiger partial charge on any atom is -0.353 e. The van der Waals surface area contributed by atoms with E-state index in [1.54, 1.807) is 24.5 Å². The maximum atomic E-state index is 14.5. The number of nitrogens with one attached hydrogen (secondary N) is 1. The Morgan fingerprint density at radius 2 is 1.61 bits per heavy atom. The second kappa shape index (κ2) is 8.29. The average Bonchev–Trinajstić information content (AvgIpc) is 3.14. The molecule has 0 saturated heterocycles. The maximum absolute atomic E-state index is 14.5. The number of carbonyl (C=O) groups excluding carboxylic acids is 1. The number of aromatic nitrogens is 1. The van der Waals surface area contributed by atoms with E-state index in [9.17, 15) is 35.5 Å². The predicted octanol–water partition coefficient (Wildman–Crippen LogP) is 5.54. The number of halogens is 7. The summed E-state index contributed by atoms with van der Waals surface area (Å²) in [6.45, 7) is 0. The van der Waals surface area contributed by atoms with Crippen molar-refractivity contribution in [2.75, 3.05) is 0 Å². The summed E-state index contributed by atoms with van der Waals surface area (Å²) in [5.74, 6) is -0.254. The van der Waals surface area contributed by atoms with Crippen LogP contribution in [0.1, 0.15) is 47.4 Å². The molecule has 2 aliphatic carbocycles. The van der Waals surface area contributed by atoms with Crippen LogP contribution in [0.4, 0.5) is 30.7 Å². The van der Waals surface area contributed by atoms with Gasteiger partial charge < -0.3 is 5.32 Å². The number of fused-ring (bicyclic) bond motifs is 3. The summed E-state index contributed by atoms with van der Waals surface area (Å²) in [5, 5.41) is 3.02. The van der Waals surface area contributed by atoms with Gasteiger partial charge in [0.15, 0.2) is 0 Å². The van der Waals surface area contributed by atoms with E-state index in [0.29, 0.717) is 42.5 Å². The molecule has 1 saturated carbocycles. The highest BCUT2D eigenvalue weighted by Crippen LogP contribution is 2.54. The number of carbonyl (C=O) groups is 1. The van der Waals surface area contributed by atoms with Crippen LogP contribution in [0.3, 0.4) is 0 Å². The van der Waals surface area contributed by atoms with Gasteiger partial charge in [-0.05, 0) is 66.3 Å². The number of alkyl halides is 7. The Labute approximate surface area is 185 Å². The number of nitrogens with zero attached hydrogens (tertiary/aromatic N) is 1. The van der Waals surface area contributed by atoms with Crippen molar-refractivity contribution in [2.24, 2.45) is 5.92 Å². The van der Waals surface area contributed by atoms with Crippen molar-refractivity contribution in [3.8, 4) is 0 Å². The summed E-state index contributed by atoms with van der Waals surface area (Å²) in [4.78, 5) is 16.3. The highest BCUT2D eigenvalue weighted by molar-refractivity contribution is 5.78. The average molecular weight is 474 g/mol. The molecule has 3 nitrogen and oxygen atoms in total. The molecule has 33 heavy (non-hydrogen) atoms. The molecule has 2 aromatic rings. The molecule has 2 aliphatic rings. The molecule has 0 aliphatic heterocycles. The fourth-order valence-corrected chi connectivity index (χ4v) is 5.19. The van der Waals surface area contributed by atoms with Crippen LogP contribution >= 0.6 is 0 Å². The van der Waals surface area contributed by atoms with Crippen LogP contribution in [0.15, 0.2) is 42.7 Å². The molecule has 3 unspecified atom stereocenters. The largest absolute Gasteiger partial charge is 0.435 e. The molecule has 1 aromatic carbocycles. The summed E-state index contributed by atoms with van der Waals surface area (Å²) in [5.41, 5.74) is -5.13. The SMILES string of the molecule is O=C(Cc1ccncc1)NC1CCC2c3ccc(C(F)(C(F)(F)F)C(F)(F)F)cc3CCC12. The number of pyridine rings is 1. The lowest BCUT2D eigenvalue weighted by Crippen LogP contribution is -2.50. The molecule has 1 aromatic heterocycles. The number of benzene rings is 1. The lowest BCUT2D eigenvalue weighted by Gasteiger charge is -2.34. The fourth-order valence-electron chi connectivity index (χ4n) is 5.19. The van der Waals surface area contributed by atoms with Gasteiger partial charge in [-0.15, -0.1) is 0 Å². The van der Waals surface area contributed by atoms with E-state index < -0.39 is 23.6 Å². The standard InChI is InChI=1S/C23H21F7N2O/c24-21(22(25,26)27,23(28,29)30)15-2-4-16-14(12-15)1-3-18-17(16)5-6-19(18)32-20(33)11-13-7-9-31-10-8-13/h2,4,7-10,12,17-19H,1,3,5-6,11H2,(H,32,33). The third-order valence-corrected chi connectivity index (χ3v) is 6.75. The van der Waals surface area contributed by atoms with Crippen molar-refractivity contribution in [3.05, 3.63) is 65.0 Å². The van der Waals surface area contributed by atoms with Gasteiger partial charge in [-0.1, -0.05) is 18.2 Å². The molecule has 1 fully saturated rings. The predicted molar refractivity (Wildman–Crippen MR) is 105 cm³/mol. The number of aryl methyl sites for hydroxylation is 1. The van der Waals surface area contributed by atoms with Gasteiger partial charge in [0.1, 0.15) is 0 Å². The first kappa shape index (κ1) is 23.5. The second-order valence-electron chi connectivity index (χ2n) is 8.66. The smallest absolute Gasteiger partial charge is 0.353 e. The second-order valence-corrected chi connectivity index (χ2v) is 8.66. The molecule has 0 spiro atoms. The minimum absolute atomic E-state index is 0.0186. The zero-order valence-electron chi connectivity index (χ0n) is 17.3. The van der Waals surface area contributed by atoms with E-state index in [4.69, 9.17) is 0 Å². The summed E-state index contributed by atoms with van der Waals surface area (Å²) >= 11 is 0. The van der Waals surface area contributed by atoms with Crippen LogP contribution in [0.25, 0.3) is 0 Å². The van der Waals surface area contributed by atoms with E-state index in [2.05, 4.69) is 10.3 Å². The number of hydrogen-bond acceptors (Lipinski definition) is 2. The molecular formula is C23H21F7N2O. The van der Waals surface area contributed by atoms with Crippen molar-refractivity contribution < 1.29 is 35.5 Å². The van der Waals surface area contributed by atoms with Gasteiger partial charge in [0.25, 0.3) is 0 Å². The van der Waals surface area contributed by atoms with E-state index in [-0.39, 0.29) is 36.6 Å². The van der Waals surface area contributed by atoms with E-state index in [0.717, 1.165) is 5.56 Å². The van der Waals surface area contributed by atoms with Gasteiger partial charge in [0.05, 0.1) is 6.42 Å². The quantitative estimate of drug-likeness (QED) is 0.592. The molecule has 0 radical (unpaired) electrons. The molecule has 4 rings (SSSR count). The first-order chi connectivity index (χ1) is 15.4. The molecule has 1 heterocycles. The Kier molecular flexibility index (Phi) is 5.90. The molecule has 0 bridgehead atoms. The van der Waals surface area contributed by atoms with Crippen LogP contribution in [0.5, 0.6) is 0 Å². The highest BCUT2D eigenvalue weighted by atomic mass is 19.4. The van der Waals surface area contributed by atoms with Crippen molar-refractivity contribution >= 4 is 5.91 Å². The maximum Gasteiger partial charge on any atom is 0.435 e. The first-order valence-corrected chi connectivity index (χ1v) is 10.6. The normalized spacial score (nSPS) is 23.1. The lowest BCUT2D eigenvalue weighted by atomic mass is 9.74. The molecule has 1 N–H and O–H groups in total. The summed E-state index contributed by atoms with van der Waals surface area (Å²) in [6, 6.07) is 5.83. The zero-order chi connectivity index (χ0) is 24.0. The first-order valence-electron chi connectivity index (χ1n) is 10.6. The van der Waals surface area contributed by atoms with Crippen molar-refractivity contribution in [3.63, 3.8) is 0 Å². The van der Waals surface area contributed by atoms with Gasteiger partial charge >= 0.3 is 18.0 Å². The van der Waals surface area contributed by atoms with Crippen LogP contribution < -0.4 is 5.32 Å². The van der Waals surface area contributed by atoms with Crippen LogP contribution in [-0.2, 0) is 23.3 Å². The molecule has 1 amide bonds. The Bertz CT molecular complexity index is 1010. The fraction of sp³-hybridized carbons (Fsp3) is 0.478. The van der Waals surface area contributed by atoms with E-state index >= 15 is 0 Å². The van der Waals surface area contributed by atoms with Crippen molar-refractivity contribution in [1.82, 2.24) is 10.3 Å². The van der Waals surface area contributed by atoms with Gasteiger partial charge in [-0.2, -0.15) is 26.3 Å². The van der Waals surface area contributed by atoms with Crippen molar-refractivity contribution in [1.29, 1.82) is 0 Å². The van der Waals surface area contributed by atoms with E-state index in [1.807, 2.05) is 0 Å². The van der Waals surface area contributed by atoms with E-state index in [1.165, 1.54) is 6.07 Å². The Morgan fingerprint density at radius 3 is 2.24 bits per heavy atom. The molecular weight excluding hydrogens is 453 g/mol. The minimum atomic E-state index is -6.13. The molecule has 3 atom stereocenters. The lowest BCUT2D eigenvalue weighted by molar-refractivity contribution is -0.348. The van der Waals surface area contributed by atoms with Gasteiger partial charge in [0, 0.05) is 24.0 Å². The van der Waals surface area contributed by atoms with Gasteiger partial charge in [-0.3, -0.25) is 9.78 Å². The monoisotopic (exact) mass is 474 g/mol. The summed E-state index contributed by atoms with van der Waals surface area (Å²) in [7, 11) is 0. The van der Waals surface area contributed by atoms with Crippen LogP contribution in [-0.4, -0.2) is 29.3 Å². The van der Waals surface area contributed by atoms with Gasteiger partial charge in [0.2, 0.25) is 5.91 Å². The Morgan fingerprint density at radius 1 is 0.939 bits per heavy atom. The Hall–Kier alpha value is -2.65. The number of amides is 1. The third kappa shape index (κ3) is 4.19. The zero-order valence-corrected chi connectivity index (χ0v) is 17.3. The molecule has 178 valence electrons. The number of rotatable bonds is 4. The summed E-state index contributed by atoms with van der Waals surface area (Å²) < 4.78 is 93.2. The van der Waals surface area contributed by atoms with Crippen LogP contribution in [0.2, 0.25) is 0 Å². The summed E-state index contributed by atoms with van der Waals surface area (Å²) in [6.07, 6.45) is -6.92.